The fourth-order valence-corrected chi connectivity index (χ4v) is 8.69. The molecule has 0 aromatic heterocycles. The summed E-state index contributed by atoms with van der Waals surface area (Å²) in [6.07, 6.45) is 2.56. The van der Waals surface area contributed by atoms with Gasteiger partial charge in [0.05, 0.1) is 0 Å². The van der Waals surface area contributed by atoms with Crippen molar-refractivity contribution in [2.45, 2.75) is 38.0 Å². The Labute approximate surface area is 126 Å². The first-order valence-corrected chi connectivity index (χ1v) is 12.9. The van der Waals surface area contributed by atoms with Crippen LogP contribution >= 0.6 is 0 Å². The maximum Gasteiger partial charge on any atom is 0.0379 e. The van der Waals surface area contributed by atoms with Crippen LogP contribution in [0.1, 0.15) is 11.1 Å². The molecule has 0 heterocycles. The third kappa shape index (κ3) is 5.10. The van der Waals surface area contributed by atoms with E-state index in [9.17, 15) is 0 Å². The minimum atomic E-state index is -0.155. The molecule has 0 amide bonds. The van der Waals surface area contributed by atoms with Crippen LogP contribution in [0, 0.1) is 0 Å². The minimum Gasteiger partial charge on any atom is -0.0735 e. The monoisotopic (exact) mass is 296 g/mol. The van der Waals surface area contributed by atoms with Crippen molar-refractivity contribution in [3.8, 4) is 0 Å². The number of hydrogen-bond donors (Lipinski definition) is 0. The highest BCUT2D eigenvalue weighted by atomic mass is 29.2. The summed E-state index contributed by atoms with van der Waals surface area (Å²) in [6.45, 7) is 5.02. The third-order valence-corrected chi connectivity index (χ3v) is 12.7. The van der Waals surface area contributed by atoms with Crippen LogP contribution in [0.2, 0.25) is 25.2 Å². The van der Waals surface area contributed by atoms with Gasteiger partial charge in [0.15, 0.2) is 0 Å². The second kappa shape index (κ2) is 8.23. The van der Waals surface area contributed by atoms with Crippen molar-refractivity contribution >= 4 is 16.6 Å². The van der Waals surface area contributed by atoms with Gasteiger partial charge < -0.3 is 0 Å². The van der Waals surface area contributed by atoms with E-state index in [2.05, 4.69) is 73.8 Å². The molecule has 0 saturated heterocycles. The van der Waals surface area contributed by atoms with Gasteiger partial charge in [-0.25, -0.2) is 0 Å². The number of rotatable bonds is 7. The Morgan fingerprint density at radius 2 is 1.05 bits per heavy atom. The fraction of sp³-hybridized carbons (Fsp3) is 0.333. The lowest BCUT2D eigenvalue weighted by Gasteiger charge is -2.18. The molecule has 2 heteroatoms. The van der Waals surface area contributed by atoms with E-state index in [-0.39, 0.29) is 16.6 Å². The molecule has 0 atom stereocenters. The van der Waals surface area contributed by atoms with E-state index in [1.54, 1.807) is 0 Å². The standard InChI is InChI=1S/C18H24Si2/c1-19(2)20(15-13-17-9-5-3-6-10-17)16-14-18-11-7-4-8-12-18/h3-12H,13-16H2,1-2H3. The van der Waals surface area contributed by atoms with Crippen LogP contribution in [-0.4, -0.2) is 16.6 Å². The van der Waals surface area contributed by atoms with E-state index in [0.29, 0.717) is 0 Å². The highest BCUT2D eigenvalue weighted by Crippen LogP contribution is 2.14. The van der Waals surface area contributed by atoms with Crippen LogP contribution in [0.4, 0.5) is 0 Å². The molecule has 2 aromatic rings. The lowest BCUT2D eigenvalue weighted by Crippen LogP contribution is -2.30. The van der Waals surface area contributed by atoms with Crippen molar-refractivity contribution in [3.05, 3.63) is 71.8 Å². The maximum absolute atomic E-state index is 2.51. The molecule has 0 aliphatic heterocycles. The lowest BCUT2D eigenvalue weighted by molar-refractivity contribution is 1.06. The number of hydrogen-bond acceptors (Lipinski definition) is 0. The molecular formula is C18H24Si2. The number of aryl methyl sites for hydroxylation is 2. The van der Waals surface area contributed by atoms with Crippen molar-refractivity contribution in [3.63, 3.8) is 0 Å². The van der Waals surface area contributed by atoms with Crippen LogP contribution < -0.4 is 0 Å². The van der Waals surface area contributed by atoms with Gasteiger partial charge in [-0.05, 0) is 24.0 Å². The first-order chi connectivity index (χ1) is 9.75. The summed E-state index contributed by atoms with van der Waals surface area (Å²) in [5.41, 5.74) is 3.02. The molecule has 2 rings (SSSR count). The van der Waals surface area contributed by atoms with Crippen molar-refractivity contribution in [1.29, 1.82) is 0 Å². The number of benzene rings is 2. The quantitative estimate of drug-likeness (QED) is 0.644. The van der Waals surface area contributed by atoms with Gasteiger partial charge in [0.1, 0.15) is 0 Å². The summed E-state index contributed by atoms with van der Waals surface area (Å²) in [7, 11) is -0.265. The van der Waals surface area contributed by atoms with Gasteiger partial charge in [0.2, 0.25) is 0 Å². The normalized spacial score (nSPS) is 11.2. The highest BCUT2D eigenvalue weighted by molar-refractivity contribution is 7.21. The van der Waals surface area contributed by atoms with Gasteiger partial charge in [0.25, 0.3) is 0 Å². The molecule has 0 N–H and O–H groups in total. The predicted molar refractivity (Wildman–Crippen MR) is 93.1 cm³/mol. The lowest BCUT2D eigenvalue weighted by atomic mass is 10.2. The SMILES string of the molecule is C[Si](C)[Si](CCc1ccccc1)CCc1ccccc1. The summed E-state index contributed by atoms with van der Waals surface area (Å²) in [5, 5.41) is 0. The smallest absolute Gasteiger partial charge is 0.0379 e. The first-order valence-electron chi connectivity index (χ1n) is 7.49. The van der Waals surface area contributed by atoms with Gasteiger partial charge in [-0.2, -0.15) is 0 Å². The molecule has 0 aliphatic carbocycles. The second-order valence-electron chi connectivity index (χ2n) is 5.57. The van der Waals surface area contributed by atoms with Gasteiger partial charge in [-0.15, -0.1) is 0 Å². The highest BCUT2D eigenvalue weighted by Gasteiger charge is 2.16. The van der Waals surface area contributed by atoms with Gasteiger partial charge >= 0.3 is 0 Å². The zero-order valence-corrected chi connectivity index (χ0v) is 14.6. The van der Waals surface area contributed by atoms with Crippen molar-refractivity contribution < 1.29 is 0 Å². The van der Waals surface area contributed by atoms with E-state index < -0.39 is 0 Å². The summed E-state index contributed by atoms with van der Waals surface area (Å²) >= 11 is 0. The van der Waals surface area contributed by atoms with Gasteiger partial charge in [-0.1, -0.05) is 85.8 Å². The zero-order chi connectivity index (χ0) is 14.2. The van der Waals surface area contributed by atoms with Gasteiger partial charge in [0, 0.05) is 16.6 Å². The van der Waals surface area contributed by atoms with Crippen LogP contribution in [0.15, 0.2) is 60.7 Å². The molecule has 20 heavy (non-hydrogen) atoms. The Balaban J connectivity index is 1.84. The molecular weight excluding hydrogens is 272 g/mol. The molecule has 0 bridgehead atoms. The van der Waals surface area contributed by atoms with Crippen LogP contribution in [0.3, 0.4) is 0 Å². The second-order valence-corrected chi connectivity index (χ2v) is 14.9. The Morgan fingerprint density at radius 3 is 1.40 bits per heavy atom. The molecule has 0 unspecified atom stereocenters. The molecule has 104 valence electrons. The molecule has 0 spiro atoms. The Morgan fingerprint density at radius 1 is 0.650 bits per heavy atom. The third-order valence-electron chi connectivity index (χ3n) is 3.82. The van der Waals surface area contributed by atoms with E-state index >= 15 is 0 Å². The topological polar surface area (TPSA) is 0 Å². The first kappa shape index (κ1) is 15.3. The minimum absolute atomic E-state index is 0.110. The predicted octanol–water partition coefficient (Wildman–Crippen LogP) is 4.80. The van der Waals surface area contributed by atoms with Crippen molar-refractivity contribution in [2.75, 3.05) is 0 Å². The van der Waals surface area contributed by atoms with E-state index in [1.807, 2.05) is 0 Å². The Hall–Kier alpha value is -1.13. The van der Waals surface area contributed by atoms with Gasteiger partial charge in [-0.3, -0.25) is 0 Å². The molecule has 0 saturated carbocycles. The summed E-state index contributed by atoms with van der Waals surface area (Å²) < 4.78 is 0. The van der Waals surface area contributed by atoms with Crippen LogP contribution in [0.5, 0.6) is 0 Å². The van der Waals surface area contributed by atoms with Crippen molar-refractivity contribution in [2.24, 2.45) is 0 Å². The van der Waals surface area contributed by atoms with Crippen molar-refractivity contribution in [1.82, 2.24) is 0 Å². The largest absolute Gasteiger partial charge is 0.0735 e. The molecule has 2 radical (unpaired) electrons. The van der Waals surface area contributed by atoms with E-state index in [0.717, 1.165) is 0 Å². The maximum atomic E-state index is 2.51. The van der Waals surface area contributed by atoms with Crippen LogP contribution in [-0.2, 0) is 12.8 Å². The zero-order valence-electron chi connectivity index (χ0n) is 12.6. The Bertz CT molecular complexity index is 436. The Kier molecular flexibility index (Phi) is 6.28. The molecule has 0 aliphatic rings. The molecule has 2 aromatic carbocycles. The average Bonchev–Trinajstić information content (AvgIpc) is 2.49. The average molecular weight is 297 g/mol. The van der Waals surface area contributed by atoms with Crippen LogP contribution in [0.25, 0.3) is 0 Å². The fourth-order valence-electron chi connectivity index (χ4n) is 2.50. The van der Waals surface area contributed by atoms with E-state index in [4.69, 9.17) is 0 Å². The summed E-state index contributed by atoms with van der Waals surface area (Å²) in [5.74, 6) is 0. The summed E-state index contributed by atoms with van der Waals surface area (Å²) in [4.78, 5) is 0. The molecule has 0 fully saturated rings. The summed E-state index contributed by atoms with van der Waals surface area (Å²) in [6, 6.07) is 24.9. The van der Waals surface area contributed by atoms with E-state index in [1.165, 1.54) is 36.1 Å². The molecule has 0 nitrogen and oxygen atoms in total.